The van der Waals surface area contributed by atoms with E-state index in [0.717, 1.165) is 47.0 Å². The fourth-order valence-corrected chi connectivity index (χ4v) is 9.11. The quantitative estimate of drug-likeness (QED) is 0.109. The Morgan fingerprint density at radius 2 is 1.07 bits per heavy atom. The molecule has 4 aromatic rings. The topological polar surface area (TPSA) is 133 Å². The second kappa shape index (κ2) is 32.3. The molecule has 5 aliphatic heterocycles. The molecule has 1 spiro atoms. The zero-order valence-electron chi connectivity index (χ0n) is 42.2. The number of benzene rings is 4. The highest BCUT2D eigenvalue weighted by Gasteiger charge is 2.47. The summed E-state index contributed by atoms with van der Waals surface area (Å²) >= 11 is 17.2. The second-order valence-corrected chi connectivity index (χ2v) is 20.9. The Kier molecular flexibility index (Phi) is 29.4. The number of carbonyl (C=O) groups excluding carboxylic acids is 2. The molecular weight excluding hydrogens is 1120 g/mol. The number of nitrogens with one attached hydrogen (secondary N) is 3. The van der Waals surface area contributed by atoms with Crippen molar-refractivity contribution in [2.75, 3.05) is 52.6 Å². The van der Waals surface area contributed by atoms with E-state index in [2.05, 4.69) is 28.9 Å². The predicted molar refractivity (Wildman–Crippen MR) is 290 cm³/mol. The molecule has 5 heterocycles. The summed E-state index contributed by atoms with van der Waals surface area (Å²) in [7, 11) is 0. The molecule has 5 aliphatic rings. The number of nitrogens with two attached hydrogens (primary N) is 1. The first-order chi connectivity index (χ1) is 34.4. The summed E-state index contributed by atoms with van der Waals surface area (Å²) in [6.45, 7) is 15.1. The standard InChI is InChI=1S/C14H18ClNO2.C12H14ClF2N.C12H14ClNO.C7H5ClO.C7H15NO2.ClH.F4S.FH/c1-10-9-16-13(8-14(10)17-5-6-18-14)11-3-2-4-12(15)7-11;1-8-7-16-11(6-12(8,14)15)9-3-2-4-10(13)5-9;1-8-7-14-11(6-12(8)15)9-3-2-4-10(13)5-9;8-7-3-1-2-6(4-7)5-9;1-6(5-8)7(2)9-3-4-10-7;;1-5(2,3)4;/h2-4,7,10,13,16H,5-6,8-9H2,1H3;2-5,8,11,16H,6-7H2,1H3;2-5,8,11,14H,6-7H2,1H3;1-5H;6H,3-5,8H2,1-2H3;1H;;1H/t;8-,11-;;;;;;/m.0....../s1. The molecule has 0 saturated carbocycles. The number of ether oxygens (including phenoxy) is 4. The molecule has 5 saturated heterocycles. The van der Waals surface area contributed by atoms with Gasteiger partial charge in [0.05, 0.1) is 26.4 Å². The molecule has 75 heavy (non-hydrogen) atoms. The summed E-state index contributed by atoms with van der Waals surface area (Å²) in [6.07, 6.45) is 2.02. The second-order valence-electron chi connectivity index (χ2n) is 18.5. The first kappa shape index (κ1) is 68.3. The molecule has 422 valence electrons. The SMILES string of the molecule is CC(CN)C1(C)OCCO1.CC1CNC(c2cccc(Cl)c2)CC12OCCO2.CC1CNC(c2cccc(Cl)c2)CC1=O.C[C@H]1CN[C@H](c2cccc(Cl)c2)CC1(F)F.Cl.F.FS(F)(F)F.O=Cc1cccc(Cl)c1. The lowest BCUT2D eigenvalue weighted by Gasteiger charge is -2.42. The number of rotatable bonds is 6. The van der Waals surface area contributed by atoms with Crippen molar-refractivity contribution >= 4 is 82.5 Å². The van der Waals surface area contributed by atoms with Crippen molar-refractivity contribution in [1.82, 2.24) is 16.0 Å². The maximum Gasteiger partial charge on any atom is 0.379 e. The highest BCUT2D eigenvalue weighted by atomic mass is 35.5. The maximum atomic E-state index is 13.6. The molecule has 0 amide bonds. The van der Waals surface area contributed by atoms with Crippen LogP contribution in [0.1, 0.15) is 99.1 Å². The minimum absolute atomic E-state index is 0. The van der Waals surface area contributed by atoms with Gasteiger partial charge in [-0.3, -0.25) is 14.3 Å². The number of hydrogen-bond acceptors (Lipinski definition) is 10. The van der Waals surface area contributed by atoms with Gasteiger partial charge in [0.25, 0.3) is 5.92 Å². The van der Waals surface area contributed by atoms with Gasteiger partial charge < -0.3 is 40.6 Å². The molecular formula is C52H68Cl5F7N4O6S. The number of carbonyl (C=O) groups is 2. The first-order valence-electron chi connectivity index (χ1n) is 23.8. The third-order valence-corrected chi connectivity index (χ3v) is 14.0. The van der Waals surface area contributed by atoms with Crippen molar-refractivity contribution in [2.24, 2.45) is 29.4 Å². The average molecular weight is 1190 g/mol. The molecule has 7 atom stereocenters. The van der Waals surface area contributed by atoms with E-state index in [1.165, 1.54) is 5.56 Å². The van der Waals surface area contributed by atoms with E-state index in [1.54, 1.807) is 49.4 Å². The third-order valence-electron chi connectivity index (χ3n) is 13.0. The van der Waals surface area contributed by atoms with Crippen LogP contribution in [0.5, 0.6) is 0 Å². The third kappa shape index (κ3) is 22.8. The Balaban J connectivity index is 0.000000317. The Hall–Kier alpha value is -2.79. The van der Waals surface area contributed by atoms with Crippen LogP contribution in [-0.4, -0.2) is 82.2 Å². The highest BCUT2D eigenvalue weighted by Crippen LogP contribution is 2.54. The number of alkyl halides is 2. The molecule has 0 aromatic heterocycles. The smallest absolute Gasteiger partial charge is 0.347 e. The van der Waals surface area contributed by atoms with Crippen LogP contribution in [0.4, 0.5) is 29.0 Å². The number of piperidine rings is 3. The van der Waals surface area contributed by atoms with Crippen LogP contribution in [0, 0.1) is 23.7 Å². The van der Waals surface area contributed by atoms with Crippen molar-refractivity contribution < 1.29 is 57.6 Å². The van der Waals surface area contributed by atoms with E-state index < -0.39 is 35.0 Å². The minimum atomic E-state index is -6.17. The summed E-state index contributed by atoms with van der Waals surface area (Å²) in [4.78, 5) is 21.7. The largest absolute Gasteiger partial charge is 0.379 e. The molecule has 0 bridgehead atoms. The van der Waals surface area contributed by atoms with E-state index in [9.17, 15) is 33.9 Å². The van der Waals surface area contributed by atoms with Crippen molar-refractivity contribution in [3.05, 3.63) is 139 Å². The number of Topliss-reactive ketones (excluding diaryl/α,β-unsaturated/α-hetero) is 1. The Bertz CT molecular complexity index is 2340. The molecule has 5 fully saturated rings. The van der Waals surface area contributed by atoms with Crippen molar-refractivity contribution in [1.29, 1.82) is 0 Å². The van der Waals surface area contributed by atoms with Crippen LogP contribution in [0.25, 0.3) is 0 Å². The van der Waals surface area contributed by atoms with Crippen molar-refractivity contribution in [3.8, 4) is 0 Å². The zero-order valence-corrected chi connectivity index (χ0v) is 46.8. The van der Waals surface area contributed by atoms with Crippen molar-refractivity contribution in [3.63, 3.8) is 0 Å². The highest BCUT2D eigenvalue weighted by molar-refractivity contribution is 8.16. The lowest BCUT2D eigenvalue weighted by molar-refractivity contribution is -0.210. The fourth-order valence-electron chi connectivity index (χ4n) is 8.31. The van der Waals surface area contributed by atoms with Gasteiger partial charge in [-0.2, -0.15) is 0 Å². The molecule has 5 N–H and O–H groups in total. The van der Waals surface area contributed by atoms with Gasteiger partial charge in [-0.15, -0.1) is 12.4 Å². The molecule has 5 unspecified atom stereocenters. The van der Waals surface area contributed by atoms with Gasteiger partial charge in [-0.05, 0) is 78.7 Å². The first-order valence-corrected chi connectivity index (χ1v) is 26.6. The normalized spacial score (nSPS) is 24.6. The lowest BCUT2D eigenvalue weighted by atomic mass is 9.86. The predicted octanol–water partition coefficient (Wildman–Crippen LogP) is 14.4. The monoisotopic (exact) mass is 1180 g/mol. The van der Waals surface area contributed by atoms with Crippen LogP contribution in [0.3, 0.4) is 0 Å². The van der Waals surface area contributed by atoms with Gasteiger partial charge in [-0.1, -0.05) is 138 Å². The van der Waals surface area contributed by atoms with E-state index >= 15 is 0 Å². The van der Waals surface area contributed by atoms with E-state index in [0.29, 0.717) is 73.2 Å². The number of ketones is 1. The molecule has 10 nitrogen and oxygen atoms in total. The van der Waals surface area contributed by atoms with Crippen LogP contribution in [-0.2, 0) is 23.7 Å². The summed E-state index contributed by atoms with van der Waals surface area (Å²) < 4.78 is 88.7. The Morgan fingerprint density at radius 3 is 1.47 bits per heavy atom. The van der Waals surface area contributed by atoms with Crippen LogP contribution in [0.2, 0.25) is 20.1 Å². The number of halogens is 12. The van der Waals surface area contributed by atoms with Crippen LogP contribution < -0.4 is 21.7 Å². The van der Waals surface area contributed by atoms with Gasteiger partial charge >= 0.3 is 11.6 Å². The average Bonchev–Trinajstić information content (AvgIpc) is 4.02. The molecule has 4 aromatic carbocycles. The summed E-state index contributed by atoms with van der Waals surface area (Å²) in [5.74, 6) is -2.92. The fraction of sp³-hybridized carbons (Fsp3) is 0.500. The van der Waals surface area contributed by atoms with E-state index in [4.69, 9.17) is 71.1 Å². The van der Waals surface area contributed by atoms with Gasteiger partial charge in [0, 0.05) is 106 Å². The lowest BCUT2D eigenvalue weighted by Crippen LogP contribution is -2.51. The Labute approximate surface area is 464 Å². The van der Waals surface area contributed by atoms with Gasteiger partial charge in [0.1, 0.15) is 12.1 Å². The van der Waals surface area contributed by atoms with Crippen LogP contribution in [0.15, 0.2) is 97.1 Å². The molecule has 9 rings (SSSR count). The van der Waals surface area contributed by atoms with Crippen LogP contribution >= 0.6 is 70.4 Å². The molecule has 23 heteroatoms. The molecule has 0 radical (unpaired) electrons. The molecule has 0 aliphatic carbocycles. The zero-order chi connectivity index (χ0) is 54.0. The summed E-state index contributed by atoms with van der Waals surface area (Å²) in [5, 5.41) is 12.7. The summed E-state index contributed by atoms with van der Waals surface area (Å²) in [5.41, 5.74) is 9.22. The summed E-state index contributed by atoms with van der Waals surface area (Å²) in [6, 6.07) is 29.7. The van der Waals surface area contributed by atoms with Crippen molar-refractivity contribution in [2.45, 2.75) is 89.5 Å². The number of hydrogen-bond donors (Lipinski definition) is 4. The maximum absolute atomic E-state index is 13.6. The van der Waals surface area contributed by atoms with Gasteiger partial charge in [0.15, 0.2) is 11.6 Å². The van der Waals surface area contributed by atoms with Gasteiger partial charge in [-0.25, -0.2) is 8.78 Å². The van der Waals surface area contributed by atoms with Gasteiger partial charge in [0.2, 0.25) is 0 Å². The number of aldehydes is 1. The van der Waals surface area contributed by atoms with E-state index in [1.807, 2.05) is 69.3 Å². The Morgan fingerprint density at radius 1 is 0.667 bits per heavy atom. The minimum Gasteiger partial charge on any atom is -0.347 e. The van der Waals surface area contributed by atoms with E-state index in [-0.39, 0.29) is 53.5 Å².